The molecule has 126 valence electrons. The number of nitriles is 1. The number of nitrogens with zero attached hydrogens (tertiary/aromatic N) is 2. The number of hydrogen-bond donors (Lipinski definition) is 2. The van der Waals surface area contributed by atoms with E-state index >= 15 is 0 Å². The van der Waals surface area contributed by atoms with Crippen molar-refractivity contribution in [2.75, 3.05) is 13.2 Å². The third-order valence-corrected chi connectivity index (χ3v) is 4.49. The fourth-order valence-corrected chi connectivity index (χ4v) is 3.27. The van der Waals surface area contributed by atoms with Gasteiger partial charge in [0.2, 0.25) is 5.91 Å². The lowest BCUT2D eigenvalue weighted by Gasteiger charge is -2.30. The smallest absolute Gasteiger partial charge is 0.341 e. The van der Waals surface area contributed by atoms with Gasteiger partial charge < -0.3 is 20.1 Å². The molecule has 1 saturated heterocycles. The van der Waals surface area contributed by atoms with E-state index in [2.05, 4.69) is 11.4 Å². The monoisotopic (exact) mass is 329 g/mol. The number of carbonyl (C=O) groups is 2. The first-order valence-electron chi connectivity index (χ1n) is 7.98. The molecule has 0 unspecified atom stereocenters. The van der Waals surface area contributed by atoms with Gasteiger partial charge in [0.05, 0.1) is 12.1 Å². The lowest BCUT2D eigenvalue weighted by atomic mass is 9.94. The summed E-state index contributed by atoms with van der Waals surface area (Å²) < 4.78 is 5.18. The van der Waals surface area contributed by atoms with Crippen LogP contribution in [0.3, 0.4) is 0 Å². The third kappa shape index (κ3) is 3.34. The van der Waals surface area contributed by atoms with Crippen LogP contribution in [-0.4, -0.2) is 47.1 Å². The maximum atomic E-state index is 12.6. The highest BCUT2D eigenvalue weighted by molar-refractivity contribution is 5.83. The SMILES string of the molecule is N#C[C@@H]1CCCN1C(=O)[C@@H]1Cc2ccc(OCC(=O)O)cc2CN1. The summed E-state index contributed by atoms with van der Waals surface area (Å²) in [6, 6.07) is 6.97. The molecule has 2 N–H and O–H groups in total. The van der Waals surface area contributed by atoms with Gasteiger partial charge in [-0.15, -0.1) is 0 Å². The summed E-state index contributed by atoms with van der Waals surface area (Å²) in [6.45, 7) is 0.781. The van der Waals surface area contributed by atoms with Crippen molar-refractivity contribution >= 4 is 11.9 Å². The minimum Gasteiger partial charge on any atom is -0.482 e. The fraction of sp³-hybridized carbons (Fsp3) is 0.471. The number of carbonyl (C=O) groups excluding carboxylic acids is 1. The van der Waals surface area contributed by atoms with Gasteiger partial charge in [0, 0.05) is 13.1 Å². The van der Waals surface area contributed by atoms with Crippen molar-refractivity contribution in [3.63, 3.8) is 0 Å². The van der Waals surface area contributed by atoms with Crippen molar-refractivity contribution in [3.8, 4) is 11.8 Å². The number of carboxylic acid groups (broad SMARTS) is 1. The van der Waals surface area contributed by atoms with Crippen molar-refractivity contribution in [3.05, 3.63) is 29.3 Å². The lowest BCUT2D eigenvalue weighted by molar-refractivity contribution is -0.139. The molecule has 24 heavy (non-hydrogen) atoms. The van der Waals surface area contributed by atoms with E-state index in [1.54, 1.807) is 17.0 Å². The van der Waals surface area contributed by atoms with Crippen LogP contribution in [-0.2, 0) is 22.6 Å². The number of amides is 1. The highest BCUT2D eigenvalue weighted by Gasteiger charge is 2.34. The Hall–Kier alpha value is -2.59. The number of fused-ring (bicyclic) bond motifs is 1. The minimum absolute atomic E-state index is 0.0177. The highest BCUT2D eigenvalue weighted by Crippen LogP contribution is 2.25. The van der Waals surface area contributed by atoms with Gasteiger partial charge in [-0.25, -0.2) is 4.79 Å². The average Bonchev–Trinajstić information content (AvgIpc) is 3.07. The molecule has 3 rings (SSSR count). The summed E-state index contributed by atoms with van der Waals surface area (Å²) >= 11 is 0. The minimum atomic E-state index is -1.02. The van der Waals surface area contributed by atoms with Crippen LogP contribution in [0.2, 0.25) is 0 Å². The van der Waals surface area contributed by atoms with Gasteiger partial charge in [-0.2, -0.15) is 5.26 Å². The second-order valence-electron chi connectivity index (χ2n) is 6.07. The number of rotatable bonds is 4. The molecule has 1 aromatic rings. The van der Waals surface area contributed by atoms with Gasteiger partial charge in [0.1, 0.15) is 11.8 Å². The Balaban J connectivity index is 1.67. The zero-order valence-electron chi connectivity index (χ0n) is 13.2. The van der Waals surface area contributed by atoms with Gasteiger partial charge in [-0.05, 0) is 42.5 Å². The Morgan fingerprint density at radius 2 is 2.25 bits per heavy atom. The molecule has 0 bridgehead atoms. The molecule has 1 aromatic carbocycles. The van der Waals surface area contributed by atoms with Crippen LogP contribution in [0.5, 0.6) is 5.75 Å². The molecule has 0 aliphatic carbocycles. The Kier molecular flexibility index (Phi) is 4.67. The molecule has 0 spiro atoms. The Labute approximate surface area is 139 Å². The fourth-order valence-electron chi connectivity index (χ4n) is 3.27. The Bertz CT molecular complexity index is 698. The van der Waals surface area contributed by atoms with E-state index in [-0.39, 0.29) is 24.6 Å². The van der Waals surface area contributed by atoms with E-state index in [0.29, 0.717) is 25.3 Å². The summed E-state index contributed by atoms with van der Waals surface area (Å²) in [6.07, 6.45) is 2.18. The molecule has 0 aromatic heterocycles. The van der Waals surface area contributed by atoms with Crippen molar-refractivity contribution < 1.29 is 19.4 Å². The van der Waals surface area contributed by atoms with Gasteiger partial charge in [-0.1, -0.05) is 6.07 Å². The molecule has 2 heterocycles. The Morgan fingerprint density at radius 3 is 3.00 bits per heavy atom. The van der Waals surface area contributed by atoms with Crippen LogP contribution in [0.4, 0.5) is 0 Å². The number of likely N-dealkylation sites (tertiary alicyclic amines) is 1. The maximum Gasteiger partial charge on any atom is 0.341 e. The summed E-state index contributed by atoms with van der Waals surface area (Å²) in [5.41, 5.74) is 2.04. The zero-order chi connectivity index (χ0) is 17.1. The number of aliphatic carboxylic acids is 1. The molecule has 1 amide bonds. The first-order valence-corrected chi connectivity index (χ1v) is 7.98. The van der Waals surface area contributed by atoms with Crippen LogP contribution >= 0.6 is 0 Å². The second-order valence-corrected chi connectivity index (χ2v) is 6.07. The van der Waals surface area contributed by atoms with Gasteiger partial charge in [0.15, 0.2) is 6.61 Å². The second kappa shape index (κ2) is 6.89. The molecule has 7 nitrogen and oxygen atoms in total. The number of ether oxygens (including phenoxy) is 1. The van der Waals surface area contributed by atoms with Crippen LogP contribution in [0.25, 0.3) is 0 Å². The molecule has 0 saturated carbocycles. The molecular weight excluding hydrogens is 310 g/mol. The van der Waals surface area contributed by atoms with Crippen molar-refractivity contribution in [1.29, 1.82) is 5.26 Å². The number of hydrogen-bond acceptors (Lipinski definition) is 5. The van der Waals surface area contributed by atoms with Crippen molar-refractivity contribution in [2.24, 2.45) is 0 Å². The zero-order valence-corrected chi connectivity index (χ0v) is 13.2. The summed E-state index contributed by atoms with van der Waals surface area (Å²) in [5, 5.41) is 21.0. The normalized spacial score (nSPS) is 22.5. The van der Waals surface area contributed by atoms with Crippen LogP contribution in [0.15, 0.2) is 18.2 Å². The molecule has 2 aliphatic heterocycles. The number of benzene rings is 1. The standard InChI is InChI=1S/C17H19N3O4/c18-8-13-2-1-5-20(13)17(23)15-7-11-3-4-14(24-10-16(21)22)6-12(11)9-19-15/h3-4,6,13,15,19H,1-2,5,7,9-10H2,(H,21,22)/t13-,15-/m0/s1. The predicted octanol–water partition coefficient (Wildman–Crippen LogP) is 0.679. The predicted molar refractivity (Wildman–Crippen MR) is 84.3 cm³/mol. The van der Waals surface area contributed by atoms with Crippen molar-refractivity contribution in [1.82, 2.24) is 10.2 Å². The average molecular weight is 329 g/mol. The molecule has 0 radical (unpaired) electrons. The van der Waals surface area contributed by atoms with E-state index in [1.165, 1.54) is 0 Å². The van der Waals surface area contributed by atoms with Gasteiger partial charge >= 0.3 is 5.97 Å². The largest absolute Gasteiger partial charge is 0.482 e. The van der Waals surface area contributed by atoms with Crippen LogP contribution < -0.4 is 10.1 Å². The molecule has 2 atom stereocenters. The number of carboxylic acids is 1. The van der Waals surface area contributed by atoms with E-state index < -0.39 is 5.97 Å². The van der Waals surface area contributed by atoms with Crippen LogP contribution in [0.1, 0.15) is 24.0 Å². The molecule has 2 aliphatic rings. The van der Waals surface area contributed by atoms with E-state index in [1.807, 2.05) is 6.07 Å². The third-order valence-electron chi connectivity index (χ3n) is 4.49. The summed E-state index contributed by atoms with van der Waals surface area (Å²) in [4.78, 5) is 24.9. The topological polar surface area (TPSA) is 103 Å². The van der Waals surface area contributed by atoms with Gasteiger partial charge in [0.25, 0.3) is 0 Å². The number of nitrogens with one attached hydrogen (secondary N) is 1. The maximum absolute atomic E-state index is 12.6. The quantitative estimate of drug-likeness (QED) is 0.842. The first-order chi connectivity index (χ1) is 11.6. The van der Waals surface area contributed by atoms with E-state index in [4.69, 9.17) is 15.1 Å². The van der Waals surface area contributed by atoms with E-state index in [0.717, 1.165) is 24.0 Å². The molecular formula is C17H19N3O4. The van der Waals surface area contributed by atoms with E-state index in [9.17, 15) is 9.59 Å². The molecule has 7 heteroatoms. The van der Waals surface area contributed by atoms with Crippen molar-refractivity contribution in [2.45, 2.75) is 37.9 Å². The first kappa shape index (κ1) is 16.3. The van der Waals surface area contributed by atoms with Gasteiger partial charge in [-0.3, -0.25) is 4.79 Å². The lowest BCUT2D eigenvalue weighted by Crippen LogP contribution is -2.50. The summed E-state index contributed by atoms with van der Waals surface area (Å²) in [7, 11) is 0. The molecule has 1 fully saturated rings. The Morgan fingerprint density at radius 1 is 1.42 bits per heavy atom. The van der Waals surface area contributed by atoms with Crippen LogP contribution in [0, 0.1) is 11.3 Å². The highest BCUT2D eigenvalue weighted by atomic mass is 16.5. The summed E-state index contributed by atoms with van der Waals surface area (Å²) in [5.74, 6) is -0.531.